The van der Waals surface area contributed by atoms with Crippen molar-refractivity contribution >= 4 is 11.9 Å². The molecule has 0 N–H and O–H groups in total. The van der Waals surface area contributed by atoms with Gasteiger partial charge in [0.25, 0.3) is 0 Å². The van der Waals surface area contributed by atoms with Crippen LogP contribution < -0.4 is 9.47 Å². The van der Waals surface area contributed by atoms with Crippen LogP contribution in [0, 0.1) is 27.7 Å². The van der Waals surface area contributed by atoms with Crippen LogP contribution in [0.5, 0.6) is 11.5 Å². The average molecular weight is 615 g/mol. The Morgan fingerprint density at radius 2 is 0.830 bits per heavy atom. The van der Waals surface area contributed by atoms with Crippen LogP contribution in [0.2, 0.25) is 0 Å². The number of carbonyl (C=O) groups is 2. The third-order valence-electron chi connectivity index (χ3n) is 9.43. The Balaban J connectivity index is 1.27. The molecule has 6 aromatic carbocycles. The Kier molecular flexibility index (Phi) is 7.57. The highest BCUT2D eigenvalue weighted by Gasteiger charge is 2.45. The maximum atomic E-state index is 13.0. The van der Waals surface area contributed by atoms with Gasteiger partial charge in [0.1, 0.15) is 11.5 Å². The van der Waals surface area contributed by atoms with E-state index in [4.69, 9.17) is 9.47 Å². The van der Waals surface area contributed by atoms with Crippen LogP contribution in [-0.2, 0) is 5.41 Å². The maximum Gasteiger partial charge on any atom is 0.343 e. The normalized spacial score (nSPS) is 12.6. The summed E-state index contributed by atoms with van der Waals surface area (Å²) in [4.78, 5) is 26.0. The first-order valence-electron chi connectivity index (χ1n) is 15.7. The predicted molar refractivity (Wildman–Crippen MR) is 185 cm³/mol. The van der Waals surface area contributed by atoms with Gasteiger partial charge in [-0.25, -0.2) is 9.59 Å². The molecule has 4 nitrogen and oxygen atoms in total. The van der Waals surface area contributed by atoms with E-state index in [2.05, 4.69) is 48.5 Å². The summed E-state index contributed by atoms with van der Waals surface area (Å²) in [5, 5.41) is 0. The Hall–Kier alpha value is -5.74. The molecule has 0 amide bonds. The van der Waals surface area contributed by atoms with E-state index in [1.807, 2.05) is 100 Å². The second-order valence-corrected chi connectivity index (χ2v) is 12.3. The summed E-state index contributed by atoms with van der Waals surface area (Å²) < 4.78 is 11.6. The molecular formula is C43H34O4. The van der Waals surface area contributed by atoms with Gasteiger partial charge in [-0.05, 0) is 132 Å². The topological polar surface area (TPSA) is 52.6 Å². The standard InChI is InChI=1S/C43H34O4/c1-27-13-15-31(25-29(27)3)41(44)46-35-21-17-33(18-22-35)43(39-11-7-5-9-37(39)38-10-6-8-12-40(38)43)34-19-23-36(24-20-34)47-42(45)32-16-14-28(2)30(4)26-32/h5-26H,1-4H3. The van der Waals surface area contributed by atoms with Gasteiger partial charge < -0.3 is 9.47 Å². The van der Waals surface area contributed by atoms with E-state index in [9.17, 15) is 9.59 Å². The molecule has 0 aromatic heterocycles. The van der Waals surface area contributed by atoms with Crippen molar-refractivity contribution < 1.29 is 19.1 Å². The van der Waals surface area contributed by atoms with Crippen LogP contribution in [0.1, 0.15) is 65.2 Å². The van der Waals surface area contributed by atoms with Gasteiger partial charge in [0.2, 0.25) is 0 Å². The fourth-order valence-corrected chi connectivity index (χ4v) is 6.64. The quantitative estimate of drug-likeness (QED) is 0.138. The minimum atomic E-state index is -0.652. The summed E-state index contributed by atoms with van der Waals surface area (Å²) in [5.74, 6) is 0.164. The largest absolute Gasteiger partial charge is 0.423 e. The molecule has 0 radical (unpaired) electrons. The van der Waals surface area contributed by atoms with Gasteiger partial charge in [0.15, 0.2) is 0 Å². The average Bonchev–Trinajstić information content (AvgIpc) is 3.39. The van der Waals surface area contributed by atoms with E-state index < -0.39 is 17.4 Å². The van der Waals surface area contributed by atoms with E-state index in [0.29, 0.717) is 22.6 Å². The highest BCUT2D eigenvalue weighted by atomic mass is 16.5. The van der Waals surface area contributed by atoms with Crippen molar-refractivity contribution in [2.75, 3.05) is 0 Å². The van der Waals surface area contributed by atoms with Crippen molar-refractivity contribution in [3.05, 3.63) is 189 Å². The van der Waals surface area contributed by atoms with Crippen LogP contribution in [0.4, 0.5) is 0 Å². The number of hydrogen-bond acceptors (Lipinski definition) is 4. The third kappa shape index (κ3) is 5.22. The molecule has 0 atom stereocenters. The fraction of sp³-hybridized carbons (Fsp3) is 0.116. The zero-order valence-electron chi connectivity index (χ0n) is 26.8. The highest BCUT2D eigenvalue weighted by Crippen LogP contribution is 2.56. The minimum absolute atomic E-state index is 0.391. The molecule has 47 heavy (non-hydrogen) atoms. The molecule has 1 aliphatic carbocycles. The summed E-state index contributed by atoms with van der Waals surface area (Å²) in [6.45, 7) is 8.01. The molecule has 0 bridgehead atoms. The number of fused-ring (bicyclic) bond motifs is 3. The molecule has 0 saturated heterocycles. The SMILES string of the molecule is Cc1ccc(C(=O)Oc2ccc(C3(c4ccc(OC(=O)c5ccc(C)c(C)c5)cc4)c4ccccc4-c4ccccc43)cc2)cc1C. The summed E-state index contributed by atoms with van der Waals surface area (Å²) in [6.07, 6.45) is 0. The number of carbonyl (C=O) groups excluding carboxylic acids is 2. The molecule has 0 heterocycles. The minimum Gasteiger partial charge on any atom is -0.423 e. The lowest BCUT2D eigenvalue weighted by molar-refractivity contribution is 0.0725. The molecule has 4 heteroatoms. The Bertz CT molecular complexity index is 2000. The van der Waals surface area contributed by atoms with Gasteiger partial charge in [-0.3, -0.25) is 0 Å². The molecule has 7 rings (SSSR count). The number of aryl methyl sites for hydroxylation is 4. The monoisotopic (exact) mass is 614 g/mol. The van der Waals surface area contributed by atoms with Crippen LogP contribution in [0.3, 0.4) is 0 Å². The van der Waals surface area contributed by atoms with E-state index in [1.165, 1.54) is 11.1 Å². The van der Waals surface area contributed by atoms with Crippen molar-refractivity contribution in [2.24, 2.45) is 0 Å². The number of ether oxygens (including phenoxy) is 2. The van der Waals surface area contributed by atoms with E-state index in [0.717, 1.165) is 44.5 Å². The molecule has 0 saturated carbocycles. The highest BCUT2D eigenvalue weighted by molar-refractivity contribution is 5.92. The van der Waals surface area contributed by atoms with Crippen molar-refractivity contribution in [1.82, 2.24) is 0 Å². The molecule has 1 aliphatic rings. The zero-order valence-corrected chi connectivity index (χ0v) is 26.8. The smallest absolute Gasteiger partial charge is 0.343 e. The summed E-state index contributed by atoms with van der Waals surface area (Å²) >= 11 is 0. The Morgan fingerprint density at radius 3 is 1.21 bits per heavy atom. The number of hydrogen-bond donors (Lipinski definition) is 0. The molecule has 0 unspecified atom stereocenters. The van der Waals surface area contributed by atoms with Crippen molar-refractivity contribution in [1.29, 1.82) is 0 Å². The van der Waals surface area contributed by atoms with E-state index in [1.54, 1.807) is 12.1 Å². The van der Waals surface area contributed by atoms with Crippen molar-refractivity contribution in [2.45, 2.75) is 33.1 Å². The Labute approximate surface area is 275 Å². The fourth-order valence-electron chi connectivity index (χ4n) is 6.64. The molecule has 0 spiro atoms. The summed E-state index contributed by atoms with van der Waals surface area (Å²) in [7, 11) is 0. The van der Waals surface area contributed by atoms with E-state index >= 15 is 0 Å². The second-order valence-electron chi connectivity index (χ2n) is 12.3. The van der Waals surface area contributed by atoms with Crippen LogP contribution in [0.15, 0.2) is 133 Å². The first-order valence-corrected chi connectivity index (χ1v) is 15.7. The van der Waals surface area contributed by atoms with Gasteiger partial charge in [-0.15, -0.1) is 0 Å². The first-order chi connectivity index (χ1) is 22.8. The molecule has 230 valence electrons. The maximum absolute atomic E-state index is 13.0. The summed E-state index contributed by atoms with van der Waals surface area (Å²) in [5.41, 5.74) is 11.4. The van der Waals surface area contributed by atoms with Gasteiger partial charge in [0, 0.05) is 0 Å². The van der Waals surface area contributed by atoms with Gasteiger partial charge in [-0.2, -0.15) is 0 Å². The second kappa shape index (κ2) is 11.9. The number of benzene rings is 6. The first kappa shape index (κ1) is 29.9. The predicted octanol–water partition coefficient (Wildman–Crippen LogP) is 9.72. The van der Waals surface area contributed by atoms with Gasteiger partial charge in [-0.1, -0.05) is 84.9 Å². The molecule has 6 aromatic rings. The van der Waals surface area contributed by atoms with Crippen molar-refractivity contribution in [3.8, 4) is 22.6 Å². The van der Waals surface area contributed by atoms with Crippen LogP contribution >= 0.6 is 0 Å². The third-order valence-corrected chi connectivity index (χ3v) is 9.43. The van der Waals surface area contributed by atoms with Gasteiger partial charge >= 0.3 is 11.9 Å². The number of esters is 2. The summed E-state index contributed by atoms with van der Waals surface area (Å²) in [6, 6.07) is 43.7. The zero-order chi connectivity index (χ0) is 32.7. The Morgan fingerprint density at radius 1 is 0.447 bits per heavy atom. The van der Waals surface area contributed by atoms with Crippen LogP contribution in [0.25, 0.3) is 11.1 Å². The van der Waals surface area contributed by atoms with Crippen molar-refractivity contribution in [3.63, 3.8) is 0 Å². The lowest BCUT2D eigenvalue weighted by Crippen LogP contribution is -2.28. The molecular weight excluding hydrogens is 580 g/mol. The molecule has 0 aliphatic heterocycles. The number of rotatable bonds is 6. The molecule has 0 fully saturated rings. The van der Waals surface area contributed by atoms with E-state index in [-0.39, 0.29) is 0 Å². The lowest BCUT2D eigenvalue weighted by Gasteiger charge is -2.34. The van der Waals surface area contributed by atoms with Gasteiger partial charge in [0.05, 0.1) is 16.5 Å². The lowest BCUT2D eigenvalue weighted by atomic mass is 9.68. The van der Waals surface area contributed by atoms with Crippen LogP contribution in [-0.4, -0.2) is 11.9 Å².